The van der Waals surface area contributed by atoms with Crippen LogP contribution in [0.5, 0.6) is 0 Å². The molecule has 0 saturated heterocycles. The Labute approximate surface area is 69.4 Å². The largest absolute Gasteiger partial charge is 0.356 e. The molecule has 0 aliphatic rings. The second kappa shape index (κ2) is 4.37. The average molecular weight is 157 g/mol. The summed E-state index contributed by atoms with van der Waals surface area (Å²) in [5.74, 6) is 0.0684. The van der Waals surface area contributed by atoms with E-state index in [0.29, 0.717) is 5.41 Å². The lowest BCUT2D eigenvalue weighted by atomic mass is 9.91. The summed E-state index contributed by atoms with van der Waals surface area (Å²) in [6, 6.07) is 0. The molecule has 11 heavy (non-hydrogen) atoms. The zero-order chi connectivity index (χ0) is 8.91. The lowest BCUT2D eigenvalue weighted by Crippen LogP contribution is -2.22. The molecule has 0 fully saturated rings. The van der Waals surface area contributed by atoms with Gasteiger partial charge in [0.25, 0.3) is 0 Å². The molecule has 0 aromatic carbocycles. The van der Waals surface area contributed by atoms with Crippen LogP contribution in [0.25, 0.3) is 0 Å². The summed E-state index contributed by atoms with van der Waals surface area (Å²) >= 11 is 0. The van der Waals surface area contributed by atoms with Crippen molar-refractivity contribution in [2.24, 2.45) is 5.41 Å². The summed E-state index contributed by atoms with van der Waals surface area (Å²) in [5, 5.41) is 2.78. The number of amides is 1. The van der Waals surface area contributed by atoms with E-state index in [2.05, 4.69) is 26.1 Å². The molecule has 0 aliphatic heterocycles. The van der Waals surface area contributed by atoms with Gasteiger partial charge >= 0.3 is 0 Å². The Morgan fingerprint density at radius 2 is 1.91 bits per heavy atom. The van der Waals surface area contributed by atoms with Gasteiger partial charge in [0.15, 0.2) is 0 Å². The van der Waals surface area contributed by atoms with Gasteiger partial charge in [-0.25, -0.2) is 0 Å². The van der Waals surface area contributed by atoms with Gasteiger partial charge in [0.1, 0.15) is 0 Å². The van der Waals surface area contributed by atoms with Gasteiger partial charge in [0.2, 0.25) is 5.91 Å². The Morgan fingerprint density at radius 1 is 1.36 bits per heavy atom. The highest BCUT2D eigenvalue weighted by atomic mass is 16.1. The van der Waals surface area contributed by atoms with Crippen molar-refractivity contribution in [2.75, 3.05) is 6.54 Å². The minimum absolute atomic E-state index is 0.0684. The van der Waals surface area contributed by atoms with E-state index in [4.69, 9.17) is 0 Å². The molecule has 0 aromatic rings. The maximum absolute atomic E-state index is 10.5. The first-order valence-electron chi connectivity index (χ1n) is 4.16. The zero-order valence-electron chi connectivity index (χ0n) is 8.03. The number of carbonyl (C=O) groups is 1. The monoisotopic (exact) mass is 157 g/mol. The first-order valence-corrected chi connectivity index (χ1v) is 4.16. The molecule has 2 nitrogen and oxygen atoms in total. The van der Waals surface area contributed by atoms with Gasteiger partial charge < -0.3 is 5.32 Å². The molecular weight excluding hydrogens is 138 g/mol. The van der Waals surface area contributed by atoms with Crippen LogP contribution in [0.15, 0.2) is 0 Å². The molecule has 0 atom stereocenters. The van der Waals surface area contributed by atoms with E-state index < -0.39 is 0 Å². The Kier molecular flexibility index (Phi) is 4.16. The molecule has 0 aromatic heterocycles. The minimum atomic E-state index is 0.0684. The molecule has 66 valence electrons. The SMILES string of the molecule is CC(=O)NCCCC(C)(C)C. The predicted octanol–water partition coefficient (Wildman–Crippen LogP) is 1.95. The fraction of sp³-hybridized carbons (Fsp3) is 0.889. The fourth-order valence-corrected chi connectivity index (χ4v) is 0.883. The zero-order valence-corrected chi connectivity index (χ0v) is 8.03. The third kappa shape index (κ3) is 9.47. The van der Waals surface area contributed by atoms with Crippen molar-refractivity contribution in [3.05, 3.63) is 0 Å². The highest BCUT2D eigenvalue weighted by molar-refractivity contribution is 5.72. The molecule has 0 saturated carbocycles. The second-order valence-corrected chi connectivity index (χ2v) is 4.15. The van der Waals surface area contributed by atoms with Gasteiger partial charge in [0, 0.05) is 13.5 Å². The molecule has 0 aliphatic carbocycles. The summed E-state index contributed by atoms with van der Waals surface area (Å²) < 4.78 is 0. The second-order valence-electron chi connectivity index (χ2n) is 4.15. The number of nitrogens with one attached hydrogen (secondary N) is 1. The summed E-state index contributed by atoms with van der Waals surface area (Å²) in [7, 11) is 0. The molecule has 1 N–H and O–H groups in total. The van der Waals surface area contributed by atoms with E-state index >= 15 is 0 Å². The molecule has 1 amide bonds. The quantitative estimate of drug-likeness (QED) is 0.623. The van der Waals surface area contributed by atoms with Crippen molar-refractivity contribution >= 4 is 5.91 Å². The van der Waals surface area contributed by atoms with Crippen LogP contribution in [0.4, 0.5) is 0 Å². The van der Waals surface area contributed by atoms with Gasteiger partial charge in [0.05, 0.1) is 0 Å². The molecule has 2 heteroatoms. The van der Waals surface area contributed by atoms with Crippen molar-refractivity contribution in [3.8, 4) is 0 Å². The van der Waals surface area contributed by atoms with Gasteiger partial charge in [-0.05, 0) is 18.3 Å². The van der Waals surface area contributed by atoms with Crippen molar-refractivity contribution in [3.63, 3.8) is 0 Å². The Bertz CT molecular complexity index is 124. The molecular formula is C9H19NO. The molecule has 0 bridgehead atoms. The number of rotatable bonds is 3. The first-order chi connectivity index (χ1) is 4.92. The van der Waals surface area contributed by atoms with Crippen LogP contribution in [0.3, 0.4) is 0 Å². The topological polar surface area (TPSA) is 29.1 Å². The van der Waals surface area contributed by atoms with Crippen LogP contribution in [0, 0.1) is 5.41 Å². The van der Waals surface area contributed by atoms with Gasteiger partial charge in [-0.15, -0.1) is 0 Å². The van der Waals surface area contributed by atoms with E-state index in [9.17, 15) is 4.79 Å². The van der Waals surface area contributed by atoms with E-state index in [-0.39, 0.29) is 5.91 Å². The van der Waals surface area contributed by atoms with Crippen LogP contribution >= 0.6 is 0 Å². The van der Waals surface area contributed by atoms with Crippen LogP contribution in [0.1, 0.15) is 40.5 Å². The Hall–Kier alpha value is -0.530. The third-order valence-electron chi connectivity index (χ3n) is 1.48. The maximum atomic E-state index is 10.5. The molecule has 0 rings (SSSR count). The van der Waals surface area contributed by atoms with Crippen molar-refractivity contribution in [2.45, 2.75) is 40.5 Å². The van der Waals surface area contributed by atoms with E-state index in [1.165, 1.54) is 0 Å². The molecule has 0 radical (unpaired) electrons. The molecule has 0 spiro atoms. The fourth-order valence-electron chi connectivity index (χ4n) is 0.883. The van der Waals surface area contributed by atoms with Gasteiger partial charge in [-0.1, -0.05) is 20.8 Å². The number of hydrogen-bond donors (Lipinski definition) is 1. The van der Waals surface area contributed by atoms with Crippen LogP contribution in [-0.4, -0.2) is 12.5 Å². The standard InChI is InChI=1S/C9H19NO/c1-8(11)10-7-5-6-9(2,3)4/h5-7H2,1-4H3,(H,10,11). The lowest BCUT2D eigenvalue weighted by molar-refractivity contribution is -0.118. The Balaban J connectivity index is 3.22. The predicted molar refractivity (Wildman–Crippen MR) is 47.4 cm³/mol. The normalized spacial score (nSPS) is 11.3. The Morgan fingerprint density at radius 3 is 2.27 bits per heavy atom. The average Bonchev–Trinajstić information content (AvgIpc) is 1.78. The van der Waals surface area contributed by atoms with E-state index in [0.717, 1.165) is 19.4 Å². The van der Waals surface area contributed by atoms with Gasteiger partial charge in [-0.3, -0.25) is 4.79 Å². The highest BCUT2D eigenvalue weighted by Gasteiger charge is 2.08. The third-order valence-corrected chi connectivity index (χ3v) is 1.48. The van der Waals surface area contributed by atoms with Crippen LogP contribution in [0.2, 0.25) is 0 Å². The number of carbonyl (C=O) groups excluding carboxylic acids is 1. The first kappa shape index (κ1) is 10.5. The van der Waals surface area contributed by atoms with Crippen molar-refractivity contribution < 1.29 is 4.79 Å². The maximum Gasteiger partial charge on any atom is 0.216 e. The van der Waals surface area contributed by atoms with Crippen LogP contribution in [-0.2, 0) is 4.79 Å². The van der Waals surface area contributed by atoms with Crippen molar-refractivity contribution in [1.82, 2.24) is 5.32 Å². The van der Waals surface area contributed by atoms with E-state index in [1.807, 2.05) is 0 Å². The minimum Gasteiger partial charge on any atom is -0.356 e. The summed E-state index contributed by atoms with van der Waals surface area (Å²) in [6.07, 6.45) is 2.23. The smallest absolute Gasteiger partial charge is 0.216 e. The molecule has 0 heterocycles. The summed E-state index contributed by atoms with van der Waals surface area (Å²) in [6.45, 7) is 8.99. The summed E-state index contributed by atoms with van der Waals surface area (Å²) in [5.41, 5.74) is 0.387. The van der Waals surface area contributed by atoms with Crippen LogP contribution < -0.4 is 5.32 Å². The number of hydrogen-bond acceptors (Lipinski definition) is 1. The summed E-state index contributed by atoms with van der Waals surface area (Å²) in [4.78, 5) is 10.5. The van der Waals surface area contributed by atoms with Crippen molar-refractivity contribution in [1.29, 1.82) is 0 Å². The molecule has 0 unspecified atom stereocenters. The van der Waals surface area contributed by atoms with Gasteiger partial charge in [-0.2, -0.15) is 0 Å². The lowest BCUT2D eigenvalue weighted by Gasteiger charge is -2.17. The highest BCUT2D eigenvalue weighted by Crippen LogP contribution is 2.19. The van der Waals surface area contributed by atoms with E-state index in [1.54, 1.807) is 6.92 Å².